The molecule has 0 saturated carbocycles. The van der Waals surface area contributed by atoms with E-state index in [0.29, 0.717) is 14.5 Å². The summed E-state index contributed by atoms with van der Waals surface area (Å²) in [6, 6.07) is 0. The van der Waals surface area contributed by atoms with Crippen molar-refractivity contribution < 1.29 is 10.2 Å². The Morgan fingerprint density at radius 2 is 1.70 bits per heavy atom. The van der Waals surface area contributed by atoms with Crippen LogP contribution in [0.1, 0.15) is 0 Å². The minimum Gasteiger partial charge on any atom is -0.385 e. The Hall–Kier alpha value is 0.360. The zero-order valence-corrected chi connectivity index (χ0v) is 8.18. The minimum absolute atomic E-state index is 0.513. The highest BCUT2D eigenvalue weighted by Gasteiger charge is 2.32. The van der Waals surface area contributed by atoms with Crippen molar-refractivity contribution in [2.24, 2.45) is 0 Å². The predicted octanol–water partition coefficient (Wildman–Crippen LogP) is 1.28. The molecule has 1 rings (SSSR count). The summed E-state index contributed by atoms with van der Waals surface area (Å²) in [6.07, 6.45) is -1.73. The number of hydrogen-bond donors (Lipinski definition) is 2. The molecule has 0 aromatic heterocycles. The molecule has 0 aromatic carbocycles. The Morgan fingerprint density at radius 3 is 1.80 bits per heavy atom. The van der Waals surface area contributed by atoms with E-state index < -0.39 is 12.2 Å². The van der Waals surface area contributed by atoms with Crippen molar-refractivity contribution in [2.45, 2.75) is 12.2 Å². The molecule has 0 radical (unpaired) electrons. The maximum atomic E-state index is 9.16. The first kappa shape index (κ1) is 8.46. The molecule has 56 valence electrons. The first-order valence-electron chi connectivity index (χ1n) is 2.66. The van der Waals surface area contributed by atoms with Crippen LogP contribution in [0, 0.1) is 0 Å². The van der Waals surface area contributed by atoms with Crippen molar-refractivity contribution in [3.05, 3.63) is 21.1 Å². The van der Waals surface area contributed by atoms with E-state index >= 15 is 0 Å². The minimum atomic E-state index is -0.872. The van der Waals surface area contributed by atoms with E-state index in [2.05, 4.69) is 38.4 Å². The number of halogens is 2. The van der Waals surface area contributed by atoms with Gasteiger partial charge in [-0.05, 0) is 21.5 Å². The third-order valence-electron chi connectivity index (χ3n) is 1.41. The molecule has 1 aliphatic carbocycles. The van der Waals surface area contributed by atoms with Crippen LogP contribution in [0.2, 0.25) is 0 Å². The van der Waals surface area contributed by atoms with E-state index in [1.54, 1.807) is 0 Å². The smallest absolute Gasteiger partial charge is 0.117 e. The van der Waals surface area contributed by atoms with Crippen LogP contribution in [0.3, 0.4) is 0 Å². The zero-order valence-electron chi connectivity index (χ0n) is 5.01. The van der Waals surface area contributed by atoms with E-state index in [0.717, 1.165) is 0 Å². The van der Waals surface area contributed by atoms with Crippen LogP contribution in [-0.4, -0.2) is 22.4 Å². The monoisotopic (exact) mass is 268 g/mol. The van der Waals surface area contributed by atoms with E-state index in [4.69, 9.17) is 10.2 Å². The normalized spacial score (nSPS) is 33.8. The topological polar surface area (TPSA) is 40.5 Å². The molecule has 1 aliphatic rings. The largest absolute Gasteiger partial charge is 0.385 e. The first-order valence-corrected chi connectivity index (χ1v) is 4.24. The number of aliphatic hydroxyl groups is 2. The third kappa shape index (κ3) is 1.09. The maximum Gasteiger partial charge on any atom is 0.117 e. The van der Waals surface area contributed by atoms with Gasteiger partial charge in [0, 0.05) is 8.96 Å². The SMILES string of the molecule is C=C1C(Br)=C(Br)[C@H](O)[C@H]1O. The zero-order chi connectivity index (χ0) is 7.89. The molecule has 0 spiro atoms. The van der Waals surface area contributed by atoms with Crippen LogP contribution < -0.4 is 0 Å². The molecule has 0 amide bonds. The molecule has 2 atom stereocenters. The first-order chi connectivity index (χ1) is 4.55. The van der Waals surface area contributed by atoms with Crippen LogP contribution in [0.15, 0.2) is 21.1 Å². The van der Waals surface area contributed by atoms with Gasteiger partial charge in [-0.15, -0.1) is 0 Å². The van der Waals surface area contributed by atoms with Crippen molar-refractivity contribution in [1.82, 2.24) is 0 Å². The molecule has 2 N–H and O–H groups in total. The Morgan fingerprint density at radius 1 is 1.20 bits per heavy atom. The van der Waals surface area contributed by atoms with Crippen LogP contribution >= 0.6 is 31.9 Å². The Bertz CT molecular complexity index is 210. The van der Waals surface area contributed by atoms with Crippen molar-refractivity contribution in [2.75, 3.05) is 0 Å². The summed E-state index contributed by atoms with van der Waals surface area (Å²) in [7, 11) is 0. The third-order valence-corrected chi connectivity index (χ3v) is 3.74. The highest BCUT2D eigenvalue weighted by molar-refractivity contribution is 9.14. The summed E-state index contributed by atoms with van der Waals surface area (Å²) < 4.78 is 1.22. The molecule has 0 saturated heterocycles. The summed E-state index contributed by atoms with van der Waals surface area (Å²) in [5.41, 5.74) is 0.513. The molecular formula is C6H6Br2O2. The number of rotatable bonds is 0. The van der Waals surface area contributed by atoms with Crippen LogP contribution in [0.25, 0.3) is 0 Å². The lowest BCUT2D eigenvalue weighted by atomic mass is 10.2. The van der Waals surface area contributed by atoms with E-state index in [1.807, 2.05) is 0 Å². The van der Waals surface area contributed by atoms with Gasteiger partial charge in [0.2, 0.25) is 0 Å². The fourth-order valence-electron chi connectivity index (χ4n) is 0.742. The van der Waals surface area contributed by atoms with Gasteiger partial charge < -0.3 is 10.2 Å². The van der Waals surface area contributed by atoms with Crippen molar-refractivity contribution in [3.8, 4) is 0 Å². The molecular weight excluding hydrogens is 264 g/mol. The molecule has 0 fully saturated rings. The highest BCUT2D eigenvalue weighted by atomic mass is 79.9. The van der Waals surface area contributed by atoms with Gasteiger partial charge in [-0.2, -0.15) is 0 Å². The quantitative estimate of drug-likeness (QED) is 0.696. The number of hydrogen-bond acceptors (Lipinski definition) is 2. The van der Waals surface area contributed by atoms with Gasteiger partial charge in [-0.25, -0.2) is 0 Å². The Balaban J connectivity index is 2.99. The van der Waals surface area contributed by atoms with Crippen LogP contribution in [0.5, 0.6) is 0 Å². The second-order valence-corrected chi connectivity index (χ2v) is 3.72. The summed E-state index contributed by atoms with van der Waals surface area (Å²) in [5.74, 6) is 0. The van der Waals surface area contributed by atoms with Crippen molar-refractivity contribution >= 4 is 31.9 Å². The van der Waals surface area contributed by atoms with E-state index in [9.17, 15) is 0 Å². The lowest BCUT2D eigenvalue weighted by molar-refractivity contribution is 0.0813. The summed E-state index contributed by atoms with van der Waals surface area (Å²) in [5, 5.41) is 18.3. The Kier molecular flexibility index (Phi) is 2.34. The van der Waals surface area contributed by atoms with Crippen molar-refractivity contribution in [1.29, 1.82) is 0 Å². The highest BCUT2D eigenvalue weighted by Crippen LogP contribution is 2.37. The van der Waals surface area contributed by atoms with Gasteiger partial charge in [0.05, 0.1) is 0 Å². The maximum absolute atomic E-state index is 9.16. The van der Waals surface area contributed by atoms with Gasteiger partial charge >= 0.3 is 0 Å². The second-order valence-electron chi connectivity index (χ2n) is 2.08. The standard InChI is InChI=1S/C6H6Br2O2/c1-2-3(7)4(8)6(10)5(2)9/h5-6,9-10H,1H2/t5-,6-/m0/s1. The fraction of sp³-hybridized carbons (Fsp3) is 0.333. The van der Waals surface area contributed by atoms with E-state index in [-0.39, 0.29) is 0 Å². The van der Waals surface area contributed by atoms with Crippen LogP contribution in [0.4, 0.5) is 0 Å². The van der Waals surface area contributed by atoms with Gasteiger partial charge in [0.25, 0.3) is 0 Å². The molecule has 0 aromatic rings. The summed E-state index contributed by atoms with van der Waals surface area (Å²) in [6.45, 7) is 3.57. The van der Waals surface area contributed by atoms with Gasteiger partial charge in [-0.3, -0.25) is 0 Å². The lowest BCUT2D eigenvalue weighted by Gasteiger charge is -2.07. The summed E-state index contributed by atoms with van der Waals surface area (Å²) in [4.78, 5) is 0. The number of aliphatic hydroxyl groups excluding tert-OH is 2. The molecule has 0 bridgehead atoms. The molecule has 0 aliphatic heterocycles. The molecule has 0 heterocycles. The molecule has 0 unspecified atom stereocenters. The fourth-order valence-corrected chi connectivity index (χ4v) is 1.72. The Labute approximate surface area is 75.5 Å². The predicted molar refractivity (Wildman–Crippen MR) is 46.0 cm³/mol. The van der Waals surface area contributed by atoms with Crippen molar-refractivity contribution in [3.63, 3.8) is 0 Å². The van der Waals surface area contributed by atoms with Gasteiger partial charge in [-0.1, -0.05) is 22.5 Å². The average Bonchev–Trinajstić information content (AvgIpc) is 2.07. The average molecular weight is 270 g/mol. The second kappa shape index (κ2) is 2.77. The lowest BCUT2D eigenvalue weighted by Crippen LogP contribution is -2.21. The van der Waals surface area contributed by atoms with Gasteiger partial charge in [0.1, 0.15) is 12.2 Å². The molecule has 4 heteroatoms. The summed E-state index contributed by atoms with van der Waals surface area (Å²) >= 11 is 6.27. The molecule has 2 nitrogen and oxygen atoms in total. The van der Waals surface area contributed by atoms with Crippen LogP contribution in [-0.2, 0) is 0 Å². The van der Waals surface area contributed by atoms with E-state index in [1.165, 1.54) is 0 Å². The molecule has 10 heavy (non-hydrogen) atoms. The van der Waals surface area contributed by atoms with Gasteiger partial charge in [0.15, 0.2) is 0 Å².